The zero-order chi connectivity index (χ0) is 15.4. The molecule has 0 radical (unpaired) electrons. The molecule has 20 heavy (non-hydrogen) atoms. The van der Waals surface area contributed by atoms with Gasteiger partial charge in [0.1, 0.15) is 0 Å². The van der Waals surface area contributed by atoms with Crippen LogP contribution in [0.4, 0.5) is 0 Å². The van der Waals surface area contributed by atoms with Crippen molar-refractivity contribution in [3.05, 3.63) is 0 Å². The molecule has 0 aromatic carbocycles. The van der Waals surface area contributed by atoms with E-state index in [0.29, 0.717) is 11.3 Å². The highest BCUT2D eigenvalue weighted by atomic mass is 16.1. The maximum atomic E-state index is 12.3. The second kappa shape index (κ2) is 6.93. The van der Waals surface area contributed by atoms with Crippen molar-refractivity contribution in [1.82, 2.24) is 10.6 Å². The van der Waals surface area contributed by atoms with Gasteiger partial charge < -0.3 is 10.6 Å². The largest absolute Gasteiger partial charge is 0.355 e. The Kier molecular flexibility index (Phi) is 6.06. The maximum Gasteiger partial charge on any atom is 0.223 e. The summed E-state index contributed by atoms with van der Waals surface area (Å²) in [6.45, 7) is 14.8. The SMILES string of the molecule is CC(C)(C)C[C@H]1CCC[C@H]1C(=O)NCCNC(C)(C)C. The van der Waals surface area contributed by atoms with Gasteiger partial charge in [0, 0.05) is 24.5 Å². The van der Waals surface area contributed by atoms with E-state index in [4.69, 9.17) is 0 Å². The summed E-state index contributed by atoms with van der Waals surface area (Å²) in [5.41, 5.74) is 0.439. The minimum Gasteiger partial charge on any atom is -0.355 e. The Hall–Kier alpha value is -0.570. The summed E-state index contributed by atoms with van der Waals surface area (Å²) in [5.74, 6) is 1.09. The van der Waals surface area contributed by atoms with Gasteiger partial charge in [0.05, 0.1) is 0 Å². The van der Waals surface area contributed by atoms with Crippen LogP contribution in [0.25, 0.3) is 0 Å². The second-order valence-electron chi connectivity index (χ2n) is 8.53. The third-order valence-electron chi connectivity index (χ3n) is 3.95. The second-order valence-corrected chi connectivity index (χ2v) is 8.53. The van der Waals surface area contributed by atoms with Gasteiger partial charge >= 0.3 is 0 Å². The first-order valence-electron chi connectivity index (χ1n) is 8.11. The summed E-state index contributed by atoms with van der Waals surface area (Å²) in [5, 5.41) is 6.51. The molecule has 2 atom stereocenters. The summed E-state index contributed by atoms with van der Waals surface area (Å²) in [4.78, 5) is 12.3. The minimum atomic E-state index is 0.118. The summed E-state index contributed by atoms with van der Waals surface area (Å²) < 4.78 is 0. The molecule has 0 heterocycles. The lowest BCUT2D eigenvalue weighted by molar-refractivity contribution is -0.126. The van der Waals surface area contributed by atoms with Crippen LogP contribution in [0, 0.1) is 17.3 Å². The van der Waals surface area contributed by atoms with Gasteiger partial charge in [0.15, 0.2) is 0 Å². The van der Waals surface area contributed by atoms with E-state index < -0.39 is 0 Å². The Bertz CT molecular complexity index is 312. The van der Waals surface area contributed by atoms with Gasteiger partial charge in [-0.3, -0.25) is 4.79 Å². The monoisotopic (exact) mass is 282 g/mol. The third-order valence-corrected chi connectivity index (χ3v) is 3.95. The fraction of sp³-hybridized carbons (Fsp3) is 0.941. The molecule has 0 saturated heterocycles. The van der Waals surface area contributed by atoms with Gasteiger partial charge in [-0.15, -0.1) is 0 Å². The zero-order valence-electron chi connectivity index (χ0n) is 14.3. The van der Waals surface area contributed by atoms with Crippen molar-refractivity contribution in [2.45, 2.75) is 72.8 Å². The number of nitrogens with one attached hydrogen (secondary N) is 2. The Labute approximate surface area is 125 Å². The van der Waals surface area contributed by atoms with Crippen molar-refractivity contribution < 1.29 is 4.79 Å². The van der Waals surface area contributed by atoms with Crippen LogP contribution in [0.3, 0.4) is 0 Å². The summed E-state index contributed by atoms with van der Waals surface area (Å²) in [6, 6.07) is 0. The molecule has 0 unspecified atom stereocenters. The Morgan fingerprint density at radius 3 is 2.25 bits per heavy atom. The van der Waals surface area contributed by atoms with Crippen LogP contribution in [0.5, 0.6) is 0 Å². The Balaban J connectivity index is 2.35. The van der Waals surface area contributed by atoms with Crippen LogP contribution in [0.2, 0.25) is 0 Å². The molecule has 1 aliphatic carbocycles. The van der Waals surface area contributed by atoms with E-state index in [0.717, 1.165) is 25.9 Å². The van der Waals surface area contributed by atoms with E-state index in [-0.39, 0.29) is 17.4 Å². The molecule has 0 spiro atoms. The summed E-state index contributed by atoms with van der Waals surface area (Å²) in [6.07, 6.45) is 4.65. The van der Waals surface area contributed by atoms with Crippen molar-refractivity contribution in [2.24, 2.45) is 17.3 Å². The molecule has 0 aliphatic heterocycles. The van der Waals surface area contributed by atoms with Gasteiger partial charge in [0.25, 0.3) is 0 Å². The molecule has 1 saturated carbocycles. The van der Waals surface area contributed by atoms with Crippen LogP contribution >= 0.6 is 0 Å². The molecule has 1 amide bonds. The van der Waals surface area contributed by atoms with Gasteiger partial charge in [-0.05, 0) is 51.4 Å². The molecule has 0 aromatic heterocycles. The smallest absolute Gasteiger partial charge is 0.223 e. The lowest BCUT2D eigenvalue weighted by Crippen LogP contribution is -2.43. The van der Waals surface area contributed by atoms with Gasteiger partial charge in [-0.25, -0.2) is 0 Å². The number of carbonyl (C=O) groups is 1. The number of hydrogen-bond acceptors (Lipinski definition) is 2. The molecular formula is C17H34N2O. The van der Waals surface area contributed by atoms with Crippen LogP contribution in [0.1, 0.15) is 67.2 Å². The molecular weight excluding hydrogens is 248 g/mol. The lowest BCUT2D eigenvalue weighted by Gasteiger charge is -2.27. The first kappa shape index (κ1) is 17.5. The number of hydrogen-bond donors (Lipinski definition) is 2. The highest BCUT2D eigenvalue weighted by Gasteiger charge is 2.34. The minimum absolute atomic E-state index is 0.118. The fourth-order valence-corrected chi connectivity index (χ4v) is 3.17. The van der Waals surface area contributed by atoms with Crippen molar-refractivity contribution in [1.29, 1.82) is 0 Å². The van der Waals surface area contributed by atoms with Crippen molar-refractivity contribution in [3.63, 3.8) is 0 Å². The quantitative estimate of drug-likeness (QED) is 0.759. The van der Waals surface area contributed by atoms with Crippen molar-refractivity contribution >= 4 is 5.91 Å². The highest BCUT2D eigenvalue weighted by Crippen LogP contribution is 2.39. The normalized spacial score (nSPS) is 23.9. The number of rotatable bonds is 5. The predicted octanol–water partition coefficient (Wildman–Crippen LogP) is 3.34. The molecule has 3 nitrogen and oxygen atoms in total. The van der Waals surface area contributed by atoms with Gasteiger partial charge in [-0.1, -0.05) is 27.2 Å². The summed E-state index contributed by atoms with van der Waals surface area (Å²) in [7, 11) is 0. The molecule has 2 N–H and O–H groups in total. The molecule has 3 heteroatoms. The molecule has 1 aliphatic rings. The first-order valence-corrected chi connectivity index (χ1v) is 8.11. The number of carbonyl (C=O) groups excluding carboxylic acids is 1. The average Bonchev–Trinajstić information content (AvgIpc) is 2.68. The van der Waals surface area contributed by atoms with E-state index in [2.05, 4.69) is 52.2 Å². The van der Waals surface area contributed by atoms with Crippen molar-refractivity contribution in [2.75, 3.05) is 13.1 Å². The predicted molar refractivity (Wildman–Crippen MR) is 85.7 cm³/mol. The molecule has 0 bridgehead atoms. The molecule has 1 fully saturated rings. The standard InChI is InChI=1S/C17H34N2O/c1-16(2,3)12-13-8-7-9-14(13)15(20)18-10-11-19-17(4,5)6/h13-14,19H,7-12H2,1-6H3,(H,18,20)/t13-,14-/m1/s1. The van der Waals surface area contributed by atoms with Crippen molar-refractivity contribution in [3.8, 4) is 0 Å². The van der Waals surface area contributed by atoms with E-state index in [1.165, 1.54) is 12.8 Å². The highest BCUT2D eigenvalue weighted by molar-refractivity contribution is 5.79. The summed E-state index contributed by atoms with van der Waals surface area (Å²) >= 11 is 0. The maximum absolute atomic E-state index is 12.3. The van der Waals surface area contributed by atoms with Crippen LogP contribution in [-0.4, -0.2) is 24.5 Å². The van der Waals surface area contributed by atoms with E-state index >= 15 is 0 Å². The van der Waals surface area contributed by atoms with E-state index in [1.807, 2.05) is 0 Å². The Morgan fingerprint density at radius 2 is 1.70 bits per heavy atom. The van der Waals surface area contributed by atoms with Crippen LogP contribution in [0.15, 0.2) is 0 Å². The van der Waals surface area contributed by atoms with Gasteiger partial charge in [0.2, 0.25) is 5.91 Å². The third kappa shape index (κ3) is 6.74. The molecule has 118 valence electrons. The molecule has 1 rings (SSSR count). The molecule has 0 aromatic rings. The van der Waals surface area contributed by atoms with E-state index in [1.54, 1.807) is 0 Å². The lowest BCUT2D eigenvalue weighted by atomic mass is 9.80. The van der Waals surface area contributed by atoms with E-state index in [9.17, 15) is 4.79 Å². The number of amides is 1. The Morgan fingerprint density at radius 1 is 1.05 bits per heavy atom. The fourth-order valence-electron chi connectivity index (χ4n) is 3.17. The topological polar surface area (TPSA) is 41.1 Å². The van der Waals surface area contributed by atoms with Crippen LogP contribution < -0.4 is 10.6 Å². The zero-order valence-corrected chi connectivity index (χ0v) is 14.3. The first-order chi connectivity index (χ1) is 9.08. The van der Waals surface area contributed by atoms with Gasteiger partial charge in [-0.2, -0.15) is 0 Å². The average molecular weight is 282 g/mol. The van der Waals surface area contributed by atoms with Crippen LogP contribution in [-0.2, 0) is 4.79 Å².